The average Bonchev–Trinajstić information content (AvgIpc) is 3.12. The number of piperazine rings is 1. The van der Waals surface area contributed by atoms with E-state index >= 15 is 0 Å². The van der Waals surface area contributed by atoms with Gasteiger partial charge in [0, 0.05) is 37.0 Å². The van der Waals surface area contributed by atoms with Crippen LogP contribution in [0.25, 0.3) is 0 Å². The van der Waals surface area contributed by atoms with Crippen molar-refractivity contribution in [3.8, 4) is 0 Å². The Kier molecular flexibility index (Phi) is 4.47. The molecule has 0 aromatic heterocycles. The van der Waals surface area contributed by atoms with Gasteiger partial charge in [-0.05, 0) is 33.3 Å². The Morgan fingerprint density at radius 3 is 2.33 bits per heavy atom. The minimum Gasteiger partial charge on any atom is -0.444 e. The molecule has 2 saturated heterocycles. The predicted octanol–water partition coefficient (Wildman–Crippen LogP) is 3.81. The van der Waals surface area contributed by atoms with Gasteiger partial charge in [0.15, 0.2) is 0 Å². The van der Waals surface area contributed by atoms with Gasteiger partial charge in [0.25, 0.3) is 5.69 Å². The number of nitro groups is 1. The van der Waals surface area contributed by atoms with Gasteiger partial charge < -0.3 is 14.5 Å². The monoisotopic (exact) mass is 387 g/mol. The molecular formula is C17H20F3N3O4. The molecule has 2 aliphatic heterocycles. The number of nitrogens with zero attached hydrogens (tertiary/aromatic N) is 3. The first-order valence-electron chi connectivity index (χ1n) is 8.48. The van der Waals surface area contributed by atoms with Crippen molar-refractivity contribution in [3.63, 3.8) is 0 Å². The molecule has 0 N–H and O–H groups in total. The summed E-state index contributed by atoms with van der Waals surface area (Å²) in [7, 11) is 0. The summed E-state index contributed by atoms with van der Waals surface area (Å²) >= 11 is 0. The Hall–Kier alpha value is -2.52. The summed E-state index contributed by atoms with van der Waals surface area (Å²) in [5.74, 6) is 0. The first-order valence-corrected chi connectivity index (χ1v) is 8.48. The number of non-ortho nitro benzene ring substituents is 1. The van der Waals surface area contributed by atoms with E-state index in [1.54, 1.807) is 30.6 Å². The number of carbonyl (C=O) groups excluding carboxylic acids is 1. The molecule has 3 rings (SSSR count). The number of anilines is 1. The van der Waals surface area contributed by atoms with Crippen LogP contribution in [-0.4, -0.2) is 46.7 Å². The maximum atomic E-state index is 13.1. The van der Waals surface area contributed by atoms with E-state index in [0.29, 0.717) is 25.6 Å². The van der Waals surface area contributed by atoms with Crippen molar-refractivity contribution >= 4 is 17.5 Å². The fourth-order valence-electron chi connectivity index (χ4n) is 3.56. The zero-order valence-electron chi connectivity index (χ0n) is 15.1. The van der Waals surface area contributed by atoms with Gasteiger partial charge in [0.1, 0.15) is 5.60 Å². The topological polar surface area (TPSA) is 75.9 Å². The predicted molar refractivity (Wildman–Crippen MR) is 90.6 cm³/mol. The second-order valence-electron chi connectivity index (χ2n) is 7.82. The first kappa shape index (κ1) is 19.2. The van der Waals surface area contributed by atoms with E-state index in [9.17, 15) is 28.1 Å². The Balaban J connectivity index is 1.82. The van der Waals surface area contributed by atoms with E-state index in [4.69, 9.17) is 4.74 Å². The smallest absolute Gasteiger partial charge is 0.416 e. The first-order chi connectivity index (χ1) is 12.3. The standard InChI is InChI=1S/C17H20F3N3O4/c1-16(2,3)27-15(24)22-9-13-7-14(22)8-21(13)11-4-10(17(18,19)20)5-12(6-11)23(25)26/h4-6,13-14H,7-9H2,1-3H3. The van der Waals surface area contributed by atoms with Crippen molar-refractivity contribution in [1.82, 2.24) is 4.90 Å². The number of ether oxygens (including phenoxy) is 1. The van der Waals surface area contributed by atoms with E-state index in [0.717, 1.165) is 12.1 Å². The lowest BCUT2D eigenvalue weighted by atomic mass is 10.1. The van der Waals surface area contributed by atoms with Crippen LogP contribution in [-0.2, 0) is 10.9 Å². The lowest BCUT2D eigenvalue weighted by molar-refractivity contribution is -0.385. The molecule has 148 valence electrons. The van der Waals surface area contributed by atoms with Gasteiger partial charge in [0.2, 0.25) is 0 Å². The molecule has 2 fully saturated rings. The van der Waals surface area contributed by atoms with Gasteiger partial charge in [0.05, 0.1) is 16.5 Å². The Morgan fingerprint density at radius 2 is 1.85 bits per heavy atom. The minimum absolute atomic E-state index is 0.146. The zero-order valence-corrected chi connectivity index (χ0v) is 15.1. The quantitative estimate of drug-likeness (QED) is 0.570. The normalized spacial score (nSPS) is 22.3. The van der Waals surface area contributed by atoms with Crippen molar-refractivity contribution < 1.29 is 27.6 Å². The molecule has 1 aromatic rings. The largest absolute Gasteiger partial charge is 0.444 e. The molecule has 2 atom stereocenters. The molecule has 1 aromatic carbocycles. The number of amides is 1. The van der Waals surface area contributed by atoms with Crippen LogP contribution in [0.2, 0.25) is 0 Å². The molecule has 27 heavy (non-hydrogen) atoms. The number of hydrogen-bond acceptors (Lipinski definition) is 5. The molecule has 0 aliphatic carbocycles. The third-order valence-electron chi connectivity index (χ3n) is 4.64. The molecule has 0 saturated carbocycles. The number of carbonyl (C=O) groups is 1. The van der Waals surface area contributed by atoms with E-state index in [1.807, 2.05) is 0 Å². The van der Waals surface area contributed by atoms with Crippen LogP contribution in [0.1, 0.15) is 32.8 Å². The summed E-state index contributed by atoms with van der Waals surface area (Å²) < 4.78 is 44.7. The van der Waals surface area contributed by atoms with Gasteiger partial charge in [-0.2, -0.15) is 13.2 Å². The fourth-order valence-corrected chi connectivity index (χ4v) is 3.56. The van der Waals surface area contributed by atoms with E-state index in [-0.39, 0.29) is 17.8 Å². The van der Waals surface area contributed by atoms with Crippen molar-refractivity contribution in [3.05, 3.63) is 33.9 Å². The van der Waals surface area contributed by atoms with Crippen LogP contribution in [0, 0.1) is 10.1 Å². The number of rotatable bonds is 2. The number of fused-ring (bicyclic) bond motifs is 2. The van der Waals surface area contributed by atoms with Crippen molar-refractivity contribution in [2.45, 2.75) is 51.1 Å². The summed E-state index contributed by atoms with van der Waals surface area (Å²) in [4.78, 5) is 25.7. The molecule has 0 radical (unpaired) electrons. The molecule has 0 spiro atoms. The second-order valence-corrected chi connectivity index (χ2v) is 7.82. The molecule has 1 amide bonds. The maximum Gasteiger partial charge on any atom is 0.416 e. The van der Waals surface area contributed by atoms with Crippen LogP contribution in [0.5, 0.6) is 0 Å². The summed E-state index contributed by atoms with van der Waals surface area (Å²) in [6, 6.07) is 2.20. The maximum absolute atomic E-state index is 13.1. The van der Waals surface area contributed by atoms with Crippen LogP contribution in [0.3, 0.4) is 0 Å². The number of halogens is 3. The zero-order chi connectivity index (χ0) is 20.1. The lowest BCUT2D eigenvalue weighted by Gasteiger charge is -2.36. The van der Waals surface area contributed by atoms with Crippen molar-refractivity contribution in [1.29, 1.82) is 0 Å². The summed E-state index contributed by atoms with van der Waals surface area (Å²) in [5, 5.41) is 11.0. The van der Waals surface area contributed by atoms with Gasteiger partial charge >= 0.3 is 12.3 Å². The van der Waals surface area contributed by atoms with Gasteiger partial charge in [-0.25, -0.2) is 4.79 Å². The Morgan fingerprint density at radius 1 is 1.19 bits per heavy atom. The van der Waals surface area contributed by atoms with Gasteiger partial charge in [-0.3, -0.25) is 10.1 Å². The van der Waals surface area contributed by atoms with E-state index < -0.39 is 34.0 Å². The Labute approximate surface area is 153 Å². The molecule has 2 heterocycles. The third-order valence-corrected chi connectivity index (χ3v) is 4.64. The highest BCUT2D eigenvalue weighted by Crippen LogP contribution is 2.40. The molecule has 2 aliphatic rings. The highest BCUT2D eigenvalue weighted by molar-refractivity contribution is 5.70. The highest BCUT2D eigenvalue weighted by atomic mass is 19.4. The van der Waals surface area contributed by atoms with Crippen LogP contribution < -0.4 is 4.90 Å². The highest BCUT2D eigenvalue weighted by Gasteiger charge is 2.47. The fraction of sp³-hybridized carbons (Fsp3) is 0.588. The molecular weight excluding hydrogens is 367 g/mol. The molecule has 2 unspecified atom stereocenters. The molecule has 10 heteroatoms. The number of hydrogen-bond donors (Lipinski definition) is 0. The average molecular weight is 387 g/mol. The Bertz CT molecular complexity index is 776. The van der Waals surface area contributed by atoms with Crippen molar-refractivity contribution in [2.24, 2.45) is 0 Å². The van der Waals surface area contributed by atoms with Crippen LogP contribution >= 0.6 is 0 Å². The van der Waals surface area contributed by atoms with Crippen LogP contribution in [0.15, 0.2) is 18.2 Å². The van der Waals surface area contributed by atoms with E-state index in [1.165, 1.54) is 0 Å². The van der Waals surface area contributed by atoms with Gasteiger partial charge in [-0.15, -0.1) is 0 Å². The summed E-state index contributed by atoms with van der Waals surface area (Å²) in [6.07, 6.45) is -4.55. The molecule has 7 nitrogen and oxygen atoms in total. The van der Waals surface area contributed by atoms with Crippen molar-refractivity contribution in [2.75, 3.05) is 18.0 Å². The van der Waals surface area contributed by atoms with Gasteiger partial charge in [-0.1, -0.05) is 0 Å². The number of likely N-dealkylation sites (tertiary alicyclic amines) is 1. The number of nitro benzene ring substituents is 1. The molecule has 2 bridgehead atoms. The second kappa shape index (κ2) is 6.28. The number of benzene rings is 1. The van der Waals surface area contributed by atoms with E-state index in [2.05, 4.69) is 0 Å². The summed E-state index contributed by atoms with van der Waals surface area (Å²) in [6.45, 7) is 5.89. The summed E-state index contributed by atoms with van der Waals surface area (Å²) in [5.41, 5.74) is -2.15. The third kappa shape index (κ3) is 3.93. The number of alkyl halides is 3. The SMILES string of the molecule is CC(C)(C)OC(=O)N1CC2CC1CN2c1cc([N+](=O)[O-])cc(C(F)(F)F)c1. The minimum atomic E-state index is -4.68. The lowest BCUT2D eigenvalue weighted by Crippen LogP contribution is -2.50. The van der Waals surface area contributed by atoms with Crippen LogP contribution in [0.4, 0.5) is 29.3 Å².